The van der Waals surface area contributed by atoms with Gasteiger partial charge in [-0.25, -0.2) is 4.79 Å². The summed E-state index contributed by atoms with van der Waals surface area (Å²) in [6.45, 7) is 0. The standard InChI is InChI=1S/C12H8N2O3/c15-10-3-1-2-7-11(10)6-4-8(12(16)17)13-5-9(6)14-7/h1-5,13-14H,(H,16,17). The van der Waals surface area contributed by atoms with Crippen LogP contribution in [-0.2, 0) is 0 Å². The van der Waals surface area contributed by atoms with Gasteiger partial charge in [0.2, 0.25) is 0 Å². The van der Waals surface area contributed by atoms with Gasteiger partial charge in [0, 0.05) is 11.6 Å². The average Bonchev–Trinajstić information content (AvgIpc) is 2.67. The van der Waals surface area contributed by atoms with Crippen molar-refractivity contribution in [2.45, 2.75) is 0 Å². The van der Waals surface area contributed by atoms with Crippen LogP contribution in [0.3, 0.4) is 0 Å². The number of rotatable bonds is 1. The van der Waals surface area contributed by atoms with Gasteiger partial charge in [0.1, 0.15) is 5.69 Å². The van der Waals surface area contributed by atoms with Gasteiger partial charge < -0.3 is 15.1 Å². The number of H-pyrrole nitrogens is 2. The third-order valence-corrected chi connectivity index (χ3v) is 2.75. The Morgan fingerprint density at radius 1 is 1.24 bits per heavy atom. The van der Waals surface area contributed by atoms with Crippen LogP contribution in [0.15, 0.2) is 35.3 Å². The second-order valence-electron chi connectivity index (χ2n) is 3.78. The summed E-state index contributed by atoms with van der Waals surface area (Å²) in [7, 11) is 0. The second kappa shape index (κ2) is 3.21. The molecule has 0 radical (unpaired) electrons. The van der Waals surface area contributed by atoms with Crippen LogP contribution in [0.4, 0.5) is 0 Å². The summed E-state index contributed by atoms with van der Waals surface area (Å²) in [5, 5.41) is 10.1. The van der Waals surface area contributed by atoms with Crippen LogP contribution in [0.1, 0.15) is 10.5 Å². The molecule has 2 heterocycles. The molecule has 0 saturated carbocycles. The summed E-state index contributed by atoms with van der Waals surface area (Å²) in [6, 6.07) is 6.39. The summed E-state index contributed by atoms with van der Waals surface area (Å²) >= 11 is 0. The summed E-state index contributed by atoms with van der Waals surface area (Å²) in [5.74, 6) is -1.05. The number of carboxylic acids is 1. The highest BCUT2D eigenvalue weighted by molar-refractivity contribution is 6.08. The first-order valence-electron chi connectivity index (χ1n) is 5.03. The third kappa shape index (κ3) is 1.32. The molecule has 0 aliphatic carbocycles. The second-order valence-corrected chi connectivity index (χ2v) is 3.78. The number of hydrogen-bond acceptors (Lipinski definition) is 2. The molecule has 84 valence electrons. The van der Waals surface area contributed by atoms with Crippen LogP contribution in [0.25, 0.3) is 21.8 Å². The Balaban J connectivity index is 2.53. The number of fused-ring (bicyclic) bond motifs is 3. The van der Waals surface area contributed by atoms with E-state index in [1.807, 2.05) is 0 Å². The van der Waals surface area contributed by atoms with Gasteiger partial charge in [0.25, 0.3) is 0 Å². The first-order chi connectivity index (χ1) is 8.16. The van der Waals surface area contributed by atoms with Crippen molar-refractivity contribution in [3.05, 3.63) is 46.4 Å². The van der Waals surface area contributed by atoms with Gasteiger partial charge >= 0.3 is 5.97 Å². The van der Waals surface area contributed by atoms with Crippen molar-refractivity contribution in [2.24, 2.45) is 0 Å². The fourth-order valence-corrected chi connectivity index (χ4v) is 1.98. The van der Waals surface area contributed by atoms with Crippen LogP contribution >= 0.6 is 0 Å². The first-order valence-corrected chi connectivity index (χ1v) is 5.03. The minimum atomic E-state index is -1.05. The van der Waals surface area contributed by atoms with E-state index >= 15 is 0 Å². The number of pyridine rings is 1. The molecule has 5 heteroatoms. The smallest absolute Gasteiger partial charge is 0.352 e. The summed E-state index contributed by atoms with van der Waals surface area (Å²) in [5.41, 5.74) is 1.37. The molecule has 0 atom stereocenters. The van der Waals surface area contributed by atoms with Crippen LogP contribution < -0.4 is 5.43 Å². The van der Waals surface area contributed by atoms with Crippen molar-refractivity contribution < 1.29 is 9.90 Å². The molecule has 17 heavy (non-hydrogen) atoms. The number of carboxylic acid groups (broad SMARTS) is 1. The van der Waals surface area contributed by atoms with Crippen molar-refractivity contribution in [1.29, 1.82) is 0 Å². The van der Waals surface area contributed by atoms with Gasteiger partial charge in [-0.1, -0.05) is 6.07 Å². The molecule has 0 unspecified atom stereocenters. The average molecular weight is 228 g/mol. The Bertz CT molecular complexity index is 798. The van der Waals surface area contributed by atoms with Crippen molar-refractivity contribution in [1.82, 2.24) is 9.97 Å². The van der Waals surface area contributed by atoms with Crippen LogP contribution in [0.2, 0.25) is 0 Å². The zero-order valence-corrected chi connectivity index (χ0v) is 8.65. The quantitative estimate of drug-likeness (QED) is 0.592. The minimum absolute atomic E-state index is 0.0571. The molecule has 0 saturated heterocycles. The lowest BCUT2D eigenvalue weighted by molar-refractivity contribution is 0.0691. The van der Waals surface area contributed by atoms with Gasteiger partial charge in [0.05, 0.1) is 16.4 Å². The van der Waals surface area contributed by atoms with Crippen LogP contribution in [0.5, 0.6) is 0 Å². The van der Waals surface area contributed by atoms with E-state index in [9.17, 15) is 9.59 Å². The number of aromatic nitrogens is 2. The molecular formula is C12H8N2O3. The lowest BCUT2D eigenvalue weighted by Gasteiger charge is -1.95. The van der Waals surface area contributed by atoms with Crippen molar-refractivity contribution in [3.63, 3.8) is 0 Å². The molecule has 0 amide bonds. The molecular weight excluding hydrogens is 220 g/mol. The summed E-state index contributed by atoms with van der Waals surface area (Å²) in [4.78, 5) is 28.3. The van der Waals surface area contributed by atoms with Gasteiger partial charge in [0.15, 0.2) is 5.43 Å². The Morgan fingerprint density at radius 2 is 2.06 bits per heavy atom. The van der Waals surface area contributed by atoms with E-state index in [0.717, 1.165) is 0 Å². The van der Waals surface area contributed by atoms with Crippen molar-refractivity contribution >= 4 is 27.8 Å². The predicted molar refractivity (Wildman–Crippen MR) is 63.4 cm³/mol. The van der Waals surface area contributed by atoms with Gasteiger partial charge in [-0.3, -0.25) is 4.79 Å². The highest BCUT2D eigenvalue weighted by Gasteiger charge is 2.10. The molecule has 0 spiro atoms. The minimum Gasteiger partial charge on any atom is -0.477 e. The largest absolute Gasteiger partial charge is 0.477 e. The molecule has 0 fully saturated rings. The molecule has 0 aliphatic heterocycles. The van der Waals surface area contributed by atoms with E-state index in [1.54, 1.807) is 18.3 Å². The molecule has 3 N–H and O–H groups in total. The Morgan fingerprint density at radius 3 is 2.82 bits per heavy atom. The molecule has 3 rings (SSSR count). The van der Waals surface area contributed by atoms with E-state index in [0.29, 0.717) is 21.8 Å². The summed E-state index contributed by atoms with van der Waals surface area (Å²) < 4.78 is 0. The zero-order valence-electron chi connectivity index (χ0n) is 8.65. The van der Waals surface area contributed by atoms with E-state index in [4.69, 9.17) is 5.11 Å². The highest BCUT2D eigenvalue weighted by Crippen LogP contribution is 2.22. The Hall–Kier alpha value is -2.56. The molecule has 0 aliphatic rings. The van der Waals surface area contributed by atoms with Gasteiger partial charge in [-0.15, -0.1) is 0 Å². The van der Waals surface area contributed by atoms with Gasteiger partial charge in [-0.2, -0.15) is 0 Å². The van der Waals surface area contributed by atoms with E-state index in [2.05, 4.69) is 9.97 Å². The van der Waals surface area contributed by atoms with E-state index in [-0.39, 0.29) is 11.1 Å². The molecule has 2 aromatic heterocycles. The Kier molecular flexibility index (Phi) is 1.82. The van der Waals surface area contributed by atoms with Gasteiger partial charge in [-0.05, 0) is 18.2 Å². The molecule has 0 bridgehead atoms. The number of benzene rings is 1. The number of aromatic amines is 2. The highest BCUT2D eigenvalue weighted by atomic mass is 16.4. The maximum atomic E-state index is 11.8. The maximum absolute atomic E-state index is 11.8. The Labute approximate surface area is 94.7 Å². The number of carbonyl (C=O) groups is 1. The first kappa shape index (κ1) is 9.65. The lowest BCUT2D eigenvalue weighted by atomic mass is 10.1. The summed E-state index contributed by atoms with van der Waals surface area (Å²) in [6.07, 6.45) is 1.55. The molecule has 1 aromatic carbocycles. The third-order valence-electron chi connectivity index (χ3n) is 2.75. The number of aromatic carboxylic acids is 1. The lowest BCUT2D eigenvalue weighted by Crippen LogP contribution is -2.00. The number of hydrogen-bond donors (Lipinski definition) is 3. The van der Waals surface area contributed by atoms with Crippen molar-refractivity contribution in [2.75, 3.05) is 0 Å². The van der Waals surface area contributed by atoms with E-state index in [1.165, 1.54) is 12.1 Å². The fourth-order valence-electron chi connectivity index (χ4n) is 1.98. The SMILES string of the molecule is O=C(O)c1cc2c(c[nH]1)[nH]c1cccc(=O)c12. The molecule has 5 nitrogen and oxygen atoms in total. The fraction of sp³-hybridized carbons (Fsp3) is 0. The number of nitrogens with one attached hydrogen (secondary N) is 2. The monoisotopic (exact) mass is 228 g/mol. The van der Waals surface area contributed by atoms with Crippen molar-refractivity contribution in [3.8, 4) is 0 Å². The topological polar surface area (TPSA) is 85.9 Å². The van der Waals surface area contributed by atoms with Crippen LogP contribution in [-0.4, -0.2) is 21.0 Å². The zero-order chi connectivity index (χ0) is 12.0. The maximum Gasteiger partial charge on any atom is 0.352 e. The molecule has 3 aromatic rings. The van der Waals surface area contributed by atoms with E-state index < -0.39 is 5.97 Å². The van der Waals surface area contributed by atoms with Crippen LogP contribution in [0, 0.1) is 0 Å². The normalized spacial score (nSPS) is 11.1. The predicted octanol–water partition coefficient (Wildman–Crippen LogP) is 1.71.